The van der Waals surface area contributed by atoms with E-state index in [1.54, 1.807) is 12.1 Å². The number of halogens is 1. The molecule has 0 heterocycles. The Bertz CT molecular complexity index is 471. The third-order valence-electron chi connectivity index (χ3n) is 3.17. The predicted octanol–water partition coefficient (Wildman–Crippen LogP) is 3.81. The third-order valence-corrected chi connectivity index (χ3v) is 3.50. The standard InChI is InChI=1S/C14H16ClNO2/c15-13-7-6-11(8-12(13)14(17)18)16-9-10-4-2-1-3-5-10/h1-2,6-8,10,16H,3-5,9H2,(H,17,18). The minimum absolute atomic E-state index is 0.144. The molecule has 4 heteroatoms. The van der Waals surface area contributed by atoms with E-state index in [9.17, 15) is 4.79 Å². The van der Waals surface area contributed by atoms with Gasteiger partial charge in [-0.05, 0) is 43.4 Å². The zero-order valence-corrected chi connectivity index (χ0v) is 10.8. The number of anilines is 1. The zero-order chi connectivity index (χ0) is 13.0. The van der Waals surface area contributed by atoms with Crippen molar-refractivity contribution in [3.8, 4) is 0 Å². The molecule has 0 fully saturated rings. The van der Waals surface area contributed by atoms with Gasteiger partial charge in [0.25, 0.3) is 0 Å². The van der Waals surface area contributed by atoms with Gasteiger partial charge in [-0.2, -0.15) is 0 Å². The minimum atomic E-state index is -0.996. The van der Waals surface area contributed by atoms with E-state index in [2.05, 4.69) is 17.5 Å². The lowest BCUT2D eigenvalue weighted by Gasteiger charge is -2.19. The summed E-state index contributed by atoms with van der Waals surface area (Å²) < 4.78 is 0. The van der Waals surface area contributed by atoms with Crippen LogP contribution in [-0.2, 0) is 0 Å². The van der Waals surface area contributed by atoms with Gasteiger partial charge in [-0.25, -0.2) is 4.79 Å². The fourth-order valence-electron chi connectivity index (χ4n) is 2.10. The van der Waals surface area contributed by atoms with Crippen LogP contribution in [0.3, 0.4) is 0 Å². The Morgan fingerprint density at radius 2 is 2.28 bits per heavy atom. The van der Waals surface area contributed by atoms with E-state index in [0.29, 0.717) is 5.92 Å². The fourth-order valence-corrected chi connectivity index (χ4v) is 2.30. The molecule has 1 atom stereocenters. The molecule has 0 spiro atoms. The van der Waals surface area contributed by atoms with Crippen molar-refractivity contribution in [1.82, 2.24) is 0 Å². The summed E-state index contributed by atoms with van der Waals surface area (Å²) >= 11 is 5.82. The number of allylic oxidation sites excluding steroid dienone is 2. The summed E-state index contributed by atoms with van der Waals surface area (Å²) in [6.07, 6.45) is 7.82. The van der Waals surface area contributed by atoms with Crippen LogP contribution in [0.2, 0.25) is 5.02 Å². The molecule has 3 nitrogen and oxygen atoms in total. The number of carbonyl (C=O) groups is 1. The molecule has 0 aromatic heterocycles. The van der Waals surface area contributed by atoms with E-state index >= 15 is 0 Å². The van der Waals surface area contributed by atoms with Crippen molar-refractivity contribution in [1.29, 1.82) is 0 Å². The molecular weight excluding hydrogens is 250 g/mol. The Morgan fingerprint density at radius 3 is 2.94 bits per heavy atom. The molecule has 2 rings (SSSR count). The molecule has 0 aliphatic heterocycles. The molecule has 0 radical (unpaired) electrons. The van der Waals surface area contributed by atoms with Crippen molar-refractivity contribution >= 4 is 23.3 Å². The Balaban J connectivity index is 1.99. The Kier molecular flexibility index (Phi) is 4.26. The molecule has 1 aliphatic rings. The van der Waals surface area contributed by atoms with Gasteiger partial charge in [0.05, 0.1) is 10.6 Å². The first-order valence-electron chi connectivity index (χ1n) is 6.08. The molecule has 1 aliphatic carbocycles. The molecule has 0 amide bonds. The second kappa shape index (κ2) is 5.91. The molecule has 1 aromatic rings. The Labute approximate surface area is 111 Å². The summed E-state index contributed by atoms with van der Waals surface area (Å²) in [4.78, 5) is 11.0. The summed E-state index contributed by atoms with van der Waals surface area (Å²) in [5, 5.41) is 12.5. The summed E-state index contributed by atoms with van der Waals surface area (Å²) in [7, 11) is 0. The number of benzene rings is 1. The maximum atomic E-state index is 11.0. The number of aromatic carboxylic acids is 1. The second-order valence-corrected chi connectivity index (χ2v) is 4.94. The molecule has 96 valence electrons. The lowest BCUT2D eigenvalue weighted by Crippen LogP contribution is -2.15. The van der Waals surface area contributed by atoms with Gasteiger partial charge >= 0.3 is 5.97 Å². The van der Waals surface area contributed by atoms with Crippen molar-refractivity contribution in [2.75, 3.05) is 11.9 Å². The van der Waals surface area contributed by atoms with Gasteiger partial charge < -0.3 is 10.4 Å². The fraction of sp³-hybridized carbons (Fsp3) is 0.357. The van der Waals surface area contributed by atoms with Crippen molar-refractivity contribution in [2.45, 2.75) is 19.3 Å². The van der Waals surface area contributed by atoms with E-state index in [4.69, 9.17) is 16.7 Å². The van der Waals surface area contributed by atoms with Gasteiger partial charge in [-0.1, -0.05) is 23.8 Å². The van der Waals surface area contributed by atoms with Gasteiger partial charge in [0.15, 0.2) is 0 Å². The normalized spacial score (nSPS) is 18.6. The summed E-state index contributed by atoms with van der Waals surface area (Å²) in [6.45, 7) is 0.866. The van der Waals surface area contributed by atoms with Gasteiger partial charge in [-0.3, -0.25) is 0 Å². The topological polar surface area (TPSA) is 49.3 Å². The van der Waals surface area contributed by atoms with Crippen LogP contribution in [0.5, 0.6) is 0 Å². The molecule has 1 unspecified atom stereocenters. The summed E-state index contributed by atoms with van der Waals surface area (Å²) in [5.41, 5.74) is 0.955. The molecule has 0 saturated heterocycles. The largest absolute Gasteiger partial charge is 0.478 e. The van der Waals surface area contributed by atoms with Crippen LogP contribution in [0.15, 0.2) is 30.4 Å². The molecule has 1 aromatic carbocycles. The molecule has 0 saturated carbocycles. The molecule has 2 N–H and O–H groups in total. The van der Waals surface area contributed by atoms with Crippen LogP contribution >= 0.6 is 11.6 Å². The first-order valence-corrected chi connectivity index (χ1v) is 6.46. The van der Waals surface area contributed by atoms with Crippen molar-refractivity contribution < 1.29 is 9.90 Å². The number of hydrogen-bond donors (Lipinski definition) is 2. The van der Waals surface area contributed by atoms with Gasteiger partial charge in [0, 0.05) is 12.2 Å². The summed E-state index contributed by atoms with van der Waals surface area (Å²) in [5.74, 6) is -0.372. The number of nitrogens with one attached hydrogen (secondary N) is 1. The van der Waals surface area contributed by atoms with E-state index in [-0.39, 0.29) is 10.6 Å². The first kappa shape index (κ1) is 13.0. The van der Waals surface area contributed by atoms with Gasteiger partial charge in [0.1, 0.15) is 0 Å². The van der Waals surface area contributed by atoms with Crippen molar-refractivity contribution in [3.05, 3.63) is 40.9 Å². The highest BCUT2D eigenvalue weighted by atomic mass is 35.5. The highest BCUT2D eigenvalue weighted by Gasteiger charge is 2.12. The van der Waals surface area contributed by atoms with E-state index in [0.717, 1.165) is 25.1 Å². The third kappa shape index (κ3) is 3.26. The Hall–Kier alpha value is -1.48. The number of carboxylic acid groups (broad SMARTS) is 1. The van der Waals surface area contributed by atoms with Crippen LogP contribution in [0.25, 0.3) is 0 Å². The van der Waals surface area contributed by atoms with Crippen LogP contribution < -0.4 is 5.32 Å². The molecule has 18 heavy (non-hydrogen) atoms. The van der Waals surface area contributed by atoms with Crippen molar-refractivity contribution in [2.24, 2.45) is 5.92 Å². The van der Waals surface area contributed by atoms with Crippen LogP contribution in [-0.4, -0.2) is 17.6 Å². The van der Waals surface area contributed by atoms with Crippen LogP contribution in [0, 0.1) is 5.92 Å². The highest BCUT2D eigenvalue weighted by Crippen LogP contribution is 2.22. The maximum absolute atomic E-state index is 11.0. The quantitative estimate of drug-likeness (QED) is 0.814. The second-order valence-electron chi connectivity index (χ2n) is 4.53. The molecule has 0 bridgehead atoms. The van der Waals surface area contributed by atoms with E-state index in [1.165, 1.54) is 6.42 Å². The average molecular weight is 266 g/mol. The minimum Gasteiger partial charge on any atom is -0.478 e. The number of hydrogen-bond acceptors (Lipinski definition) is 2. The monoisotopic (exact) mass is 265 g/mol. The predicted molar refractivity (Wildman–Crippen MR) is 73.4 cm³/mol. The van der Waals surface area contributed by atoms with Crippen molar-refractivity contribution in [3.63, 3.8) is 0 Å². The van der Waals surface area contributed by atoms with E-state index < -0.39 is 5.97 Å². The lowest BCUT2D eigenvalue weighted by atomic mass is 9.94. The first-order chi connectivity index (χ1) is 8.66. The van der Waals surface area contributed by atoms with Crippen LogP contribution in [0.4, 0.5) is 5.69 Å². The number of carboxylic acids is 1. The zero-order valence-electron chi connectivity index (χ0n) is 10.0. The average Bonchev–Trinajstić information content (AvgIpc) is 2.38. The lowest BCUT2D eigenvalue weighted by molar-refractivity contribution is 0.0697. The Morgan fingerprint density at radius 1 is 1.44 bits per heavy atom. The van der Waals surface area contributed by atoms with Gasteiger partial charge in [-0.15, -0.1) is 0 Å². The van der Waals surface area contributed by atoms with E-state index in [1.807, 2.05) is 6.07 Å². The molecular formula is C14H16ClNO2. The maximum Gasteiger partial charge on any atom is 0.337 e. The van der Waals surface area contributed by atoms with Crippen LogP contribution in [0.1, 0.15) is 29.6 Å². The SMILES string of the molecule is O=C(O)c1cc(NCC2CC=CCC2)ccc1Cl. The summed E-state index contributed by atoms with van der Waals surface area (Å²) in [6, 6.07) is 5.02. The van der Waals surface area contributed by atoms with Gasteiger partial charge in [0.2, 0.25) is 0 Å². The smallest absolute Gasteiger partial charge is 0.337 e. The number of rotatable bonds is 4. The highest BCUT2D eigenvalue weighted by molar-refractivity contribution is 6.33.